The molecule has 0 fully saturated rings. The molecule has 3 aromatic heterocycles. The van der Waals surface area contributed by atoms with E-state index in [1.54, 1.807) is 35.3 Å². The van der Waals surface area contributed by atoms with Crippen molar-refractivity contribution < 1.29 is 25.4 Å². The minimum absolute atomic E-state index is 0.185. The Kier molecular flexibility index (Phi) is 7.22. The van der Waals surface area contributed by atoms with Crippen molar-refractivity contribution in [1.29, 1.82) is 0 Å². The summed E-state index contributed by atoms with van der Waals surface area (Å²) >= 11 is 6.48. The van der Waals surface area contributed by atoms with Crippen LogP contribution in [-0.2, 0) is 17.3 Å². The number of allylic oxidation sites excluding steroid dienone is 4. The van der Waals surface area contributed by atoms with Gasteiger partial charge in [0.05, 0.1) is 0 Å². The van der Waals surface area contributed by atoms with Crippen LogP contribution in [-0.4, -0.2) is 35.0 Å². The third kappa shape index (κ3) is 4.95. The topological polar surface area (TPSA) is 90.6 Å². The van der Waals surface area contributed by atoms with Crippen molar-refractivity contribution in [2.45, 2.75) is 18.6 Å². The van der Waals surface area contributed by atoms with Crippen molar-refractivity contribution in [3.8, 4) is 22.4 Å². The van der Waals surface area contributed by atoms with E-state index in [1.165, 1.54) is 6.26 Å². The average molecular weight is 629 g/mol. The summed E-state index contributed by atoms with van der Waals surface area (Å²) in [7, 11) is -1.38. The monoisotopic (exact) mass is 628 g/mol. The molecule has 7 nitrogen and oxygen atoms in total. The first-order valence-corrected chi connectivity index (χ1v) is 15.3. The molecular weight excluding hydrogens is 609 g/mol. The predicted octanol–water partition coefficient (Wildman–Crippen LogP) is 1.67. The molecule has 1 aromatic carbocycles. The van der Waals surface area contributed by atoms with E-state index in [0.29, 0.717) is 33.7 Å². The van der Waals surface area contributed by atoms with Crippen molar-refractivity contribution in [2.75, 3.05) is 6.26 Å². The van der Waals surface area contributed by atoms with Crippen LogP contribution in [0.5, 0.6) is 0 Å². The van der Waals surface area contributed by atoms with Gasteiger partial charge in [0.2, 0.25) is 0 Å². The molecule has 1 unspecified atom stereocenters. The van der Waals surface area contributed by atoms with Crippen LogP contribution >= 0.6 is 11.6 Å². The normalized spacial score (nSPS) is 14.2. The number of hydrogen-bond acceptors (Lipinski definition) is 6. The molecule has 4 heterocycles. The van der Waals surface area contributed by atoms with Gasteiger partial charge < -0.3 is 0 Å². The van der Waals surface area contributed by atoms with Gasteiger partial charge in [0.15, 0.2) is 0 Å². The summed E-state index contributed by atoms with van der Waals surface area (Å²) in [5.41, 5.74) is 4.61. The van der Waals surface area contributed by atoms with Crippen LogP contribution < -0.4 is 26.8 Å². The second-order valence-corrected chi connectivity index (χ2v) is 11.7. The summed E-state index contributed by atoms with van der Waals surface area (Å²) < 4.78 is 18.0. The summed E-state index contributed by atoms with van der Waals surface area (Å²) in [6.07, 6.45) is 12.4. The van der Waals surface area contributed by atoms with E-state index in [2.05, 4.69) is 28.1 Å². The van der Waals surface area contributed by atoms with Crippen molar-refractivity contribution in [1.82, 2.24) is 24.5 Å². The molecular formula is C26H20ClIN5O2S-. The summed E-state index contributed by atoms with van der Waals surface area (Å²) in [6.45, 7) is 2.22. The molecule has 0 aliphatic carbocycles. The van der Waals surface area contributed by atoms with Crippen LogP contribution in [0.1, 0.15) is 5.69 Å². The maximum absolute atomic E-state index is 13.9. The third-order valence-corrected chi connectivity index (χ3v) is 8.60. The first-order valence-electron chi connectivity index (χ1n) is 10.9. The van der Waals surface area contributed by atoms with Gasteiger partial charge in [-0.1, -0.05) is 0 Å². The Balaban J connectivity index is 1.69. The Bertz CT molecular complexity index is 1680. The van der Waals surface area contributed by atoms with Gasteiger partial charge in [-0.25, -0.2) is 0 Å². The Labute approximate surface area is 225 Å². The van der Waals surface area contributed by atoms with Crippen LogP contribution in [0.4, 0.5) is 0 Å². The number of pyridine rings is 1. The van der Waals surface area contributed by atoms with E-state index in [4.69, 9.17) is 11.6 Å². The fraction of sp³-hybridized carbons (Fsp3) is 0.115. The fourth-order valence-electron chi connectivity index (χ4n) is 3.88. The van der Waals surface area contributed by atoms with Gasteiger partial charge in [0.25, 0.3) is 0 Å². The number of hydrogen-bond donors (Lipinski definition) is 0. The molecule has 0 N–H and O–H groups in total. The number of benzene rings is 1. The van der Waals surface area contributed by atoms with Crippen molar-refractivity contribution in [2.24, 2.45) is 0 Å². The number of halogens is 2. The van der Waals surface area contributed by atoms with Gasteiger partial charge in [-0.2, -0.15) is 0 Å². The summed E-state index contributed by atoms with van der Waals surface area (Å²) in [6, 6.07) is 7.26. The number of nitrogens with zero attached hydrogens (tertiary/aromatic N) is 5. The zero-order chi connectivity index (χ0) is 25.2. The van der Waals surface area contributed by atoms with E-state index in [1.807, 2.05) is 37.3 Å². The standard InChI is InChI=1S/C26H20ClIN5O2S/c1-16-23(30-10-9-29-16)18-6-7-20(22(27)12-18)21-11-19-14-31-26(36(2)35)32-24(19)33(25(21)34)15-17-5-3-4-8-28-13-17/h3-14H,15H2,1-2H3/q-1. The van der Waals surface area contributed by atoms with Crippen LogP contribution in [0.3, 0.4) is 0 Å². The molecule has 0 radical (unpaired) electrons. The van der Waals surface area contributed by atoms with Crippen LogP contribution in [0.2, 0.25) is 5.02 Å². The Morgan fingerprint density at radius 1 is 1.08 bits per heavy atom. The zero-order valence-electron chi connectivity index (χ0n) is 19.4. The molecule has 10 heteroatoms. The SMILES string of the molecule is Cc1nccnc1-c1ccc(-c2cc3cnc(S(C)=O)nc3n(CC3=C[I-]C=CC=C3)c2=O)c(Cl)c1. The molecule has 1 atom stereocenters. The zero-order valence-corrected chi connectivity index (χ0v) is 23.1. The number of rotatable bonds is 5. The molecule has 1 aliphatic rings. The molecule has 0 spiro atoms. The van der Waals surface area contributed by atoms with Crippen molar-refractivity contribution in [3.05, 3.63) is 95.9 Å². The summed E-state index contributed by atoms with van der Waals surface area (Å²) in [4.78, 5) is 31.3. The first kappa shape index (κ1) is 24.7. The average Bonchev–Trinajstić information content (AvgIpc) is 3.14. The molecule has 182 valence electrons. The van der Waals surface area contributed by atoms with Crippen LogP contribution in [0, 0.1) is 6.92 Å². The molecule has 0 saturated carbocycles. The summed E-state index contributed by atoms with van der Waals surface area (Å²) in [5, 5.41) is 1.27. The maximum atomic E-state index is 13.9. The third-order valence-electron chi connectivity index (χ3n) is 5.59. The van der Waals surface area contributed by atoms with E-state index in [0.717, 1.165) is 22.5 Å². The second kappa shape index (κ2) is 10.5. The fourth-order valence-corrected chi connectivity index (χ4v) is 6.13. The van der Waals surface area contributed by atoms with Crippen molar-refractivity contribution in [3.63, 3.8) is 0 Å². The van der Waals surface area contributed by atoms with Gasteiger partial charge in [0.1, 0.15) is 0 Å². The number of aryl methyl sites for hydroxylation is 1. The predicted molar refractivity (Wildman–Crippen MR) is 139 cm³/mol. The second-order valence-electron chi connectivity index (χ2n) is 8.01. The van der Waals surface area contributed by atoms with Gasteiger partial charge in [-0.05, 0) is 6.92 Å². The van der Waals surface area contributed by atoms with Gasteiger partial charge in [-0.3, -0.25) is 4.98 Å². The van der Waals surface area contributed by atoms with Crippen LogP contribution in [0.25, 0.3) is 33.4 Å². The Morgan fingerprint density at radius 3 is 2.69 bits per heavy atom. The van der Waals surface area contributed by atoms with Gasteiger partial charge in [0, 0.05) is 12.4 Å². The minimum atomic E-state index is -1.38. The molecule has 4 aromatic rings. The molecule has 1 aliphatic heterocycles. The molecule has 0 bridgehead atoms. The van der Waals surface area contributed by atoms with Gasteiger partial charge >= 0.3 is 202 Å². The van der Waals surface area contributed by atoms with Crippen LogP contribution in [0.15, 0.2) is 84.8 Å². The van der Waals surface area contributed by atoms with Gasteiger partial charge in [-0.15, -0.1) is 0 Å². The molecule has 5 rings (SSSR count). The molecule has 36 heavy (non-hydrogen) atoms. The molecule has 0 saturated heterocycles. The van der Waals surface area contributed by atoms with E-state index in [-0.39, 0.29) is 31.9 Å². The van der Waals surface area contributed by atoms with E-state index < -0.39 is 10.8 Å². The Morgan fingerprint density at radius 2 is 1.92 bits per heavy atom. The van der Waals surface area contributed by atoms with E-state index in [9.17, 15) is 9.00 Å². The quantitative estimate of drug-likeness (QED) is 0.247. The number of aromatic nitrogens is 5. The van der Waals surface area contributed by atoms with E-state index >= 15 is 0 Å². The Hall–Kier alpha value is -3.02. The first-order chi connectivity index (χ1) is 17.4. The molecule has 0 amide bonds. The summed E-state index contributed by atoms with van der Waals surface area (Å²) in [5.74, 6) is 0. The van der Waals surface area contributed by atoms with Crippen molar-refractivity contribution >= 4 is 33.4 Å². The number of fused-ring (bicyclic) bond motifs is 1.